The van der Waals surface area contributed by atoms with Crippen LogP contribution in [0.5, 0.6) is 5.75 Å². The van der Waals surface area contributed by atoms with Gasteiger partial charge in [-0.25, -0.2) is 4.79 Å². The van der Waals surface area contributed by atoms with E-state index in [0.29, 0.717) is 19.6 Å². The molecule has 5 heteroatoms. The van der Waals surface area contributed by atoms with Gasteiger partial charge in [-0.2, -0.15) is 0 Å². The number of hydrogen-bond donors (Lipinski definition) is 1. The molecule has 2 fully saturated rings. The first-order chi connectivity index (χ1) is 11.6. The molecule has 1 aromatic rings. The lowest BCUT2D eigenvalue weighted by atomic mass is 9.66. The van der Waals surface area contributed by atoms with Gasteiger partial charge >= 0.3 is 6.09 Å². The molecule has 5 nitrogen and oxygen atoms in total. The first kappa shape index (κ1) is 17.1. The third kappa shape index (κ3) is 2.97. The Balaban J connectivity index is 2.03. The normalized spacial score (nSPS) is 29.7. The molecule has 0 bridgehead atoms. The third-order valence-electron chi connectivity index (χ3n) is 5.53. The van der Waals surface area contributed by atoms with Gasteiger partial charge < -0.3 is 19.5 Å². The van der Waals surface area contributed by atoms with Crippen LogP contribution in [0.25, 0.3) is 0 Å². The number of rotatable bonds is 3. The van der Waals surface area contributed by atoms with E-state index in [0.717, 1.165) is 37.0 Å². The Morgan fingerprint density at radius 2 is 2.12 bits per heavy atom. The summed E-state index contributed by atoms with van der Waals surface area (Å²) >= 11 is 0. The van der Waals surface area contributed by atoms with Gasteiger partial charge in [-0.3, -0.25) is 0 Å². The van der Waals surface area contributed by atoms with E-state index in [1.54, 1.807) is 12.0 Å². The zero-order chi connectivity index (χ0) is 17.2. The molecule has 1 saturated heterocycles. The molecule has 3 rings (SSSR count). The predicted octanol–water partition coefficient (Wildman–Crippen LogP) is 3.52. The molecular formula is C19H27NO4. The van der Waals surface area contributed by atoms with Gasteiger partial charge in [0.2, 0.25) is 0 Å². The highest BCUT2D eigenvalue weighted by atomic mass is 16.6. The predicted molar refractivity (Wildman–Crippen MR) is 91.0 cm³/mol. The van der Waals surface area contributed by atoms with Crippen LogP contribution in [0.15, 0.2) is 24.3 Å². The van der Waals surface area contributed by atoms with Crippen LogP contribution in [-0.4, -0.2) is 42.0 Å². The Kier molecular flexibility index (Phi) is 4.99. The van der Waals surface area contributed by atoms with Crippen LogP contribution in [0.2, 0.25) is 0 Å². The number of methoxy groups -OCH3 is 1. The molecule has 0 spiro atoms. The van der Waals surface area contributed by atoms with Crippen molar-refractivity contribution in [2.75, 3.05) is 20.3 Å². The molecule has 2 aliphatic rings. The smallest absolute Gasteiger partial charge is 0.410 e. The Hall–Kier alpha value is -1.75. The molecule has 1 aliphatic heterocycles. The number of benzene rings is 1. The van der Waals surface area contributed by atoms with Crippen molar-refractivity contribution in [3.63, 3.8) is 0 Å². The second kappa shape index (κ2) is 7.01. The molecule has 1 N–H and O–H groups in total. The molecule has 0 aromatic heterocycles. The average molecular weight is 333 g/mol. The number of hydrogen-bond acceptors (Lipinski definition) is 4. The largest absolute Gasteiger partial charge is 0.496 e. The Morgan fingerprint density at radius 3 is 2.88 bits per heavy atom. The maximum Gasteiger partial charge on any atom is 0.410 e. The fourth-order valence-electron chi connectivity index (χ4n) is 4.39. The number of fused-ring (bicyclic) bond motifs is 1. The van der Waals surface area contributed by atoms with E-state index in [1.165, 1.54) is 0 Å². The lowest BCUT2D eigenvalue weighted by Gasteiger charge is -2.52. The number of piperidine rings is 1. The van der Waals surface area contributed by atoms with Crippen LogP contribution < -0.4 is 4.74 Å². The maximum atomic E-state index is 12.5. The molecule has 0 radical (unpaired) electrons. The summed E-state index contributed by atoms with van der Waals surface area (Å²) in [4.78, 5) is 14.3. The maximum absolute atomic E-state index is 12.5. The van der Waals surface area contributed by atoms with Crippen LogP contribution in [0, 0.1) is 5.92 Å². The van der Waals surface area contributed by atoms with E-state index in [4.69, 9.17) is 9.47 Å². The fraction of sp³-hybridized carbons (Fsp3) is 0.632. The van der Waals surface area contributed by atoms with Crippen molar-refractivity contribution in [3.05, 3.63) is 29.8 Å². The number of ether oxygens (including phenoxy) is 2. The van der Waals surface area contributed by atoms with E-state index < -0.39 is 5.60 Å². The summed E-state index contributed by atoms with van der Waals surface area (Å²) < 4.78 is 10.8. The zero-order valence-corrected chi connectivity index (χ0v) is 14.5. The van der Waals surface area contributed by atoms with Gasteiger partial charge in [0.05, 0.1) is 25.4 Å². The molecule has 1 aliphatic carbocycles. The molecule has 132 valence electrons. The molecule has 0 unspecified atom stereocenters. The van der Waals surface area contributed by atoms with E-state index in [1.807, 2.05) is 31.2 Å². The van der Waals surface area contributed by atoms with Crippen molar-refractivity contribution < 1.29 is 19.4 Å². The molecule has 1 saturated carbocycles. The van der Waals surface area contributed by atoms with Crippen molar-refractivity contribution >= 4 is 6.09 Å². The van der Waals surface area contributed by atoms with Crippen LogP contribution in [0.1, 0.15) is 50.6 Å². The molecule has 24 heavy (non-hydrogen) atoms. The molecule has 1 amide bonds. The standard InChI is InChI=1S/C19H27NO4/c1-3-24-18(21)20-13-12-19(22)11-7-6-9-15(19)17(20)14-8-4-5-10-16(14)23-2/h4-5,8,10,15,17,22H,3,6-7,9,11-13H2,1-2H3/t15-,17+,19+/m1/s1. The highest BCUT2D eigenvalue weighted by molar-refractivity contribution is 5.69. The van der Waals surface area contributed by atoms with Gasteiger partial charge in [0, 0.05) is 18.0 Å². The first-order valence-electron chi connectivity index (χ1n) is 8.89. The number of amides is 1. The third-order valence-corrected chi connectivity index (χ3v) is 5.53. The van der Waals surface area contributed by atoms with Crippen LogP contribution in [0.4, 0.5) is 4.79 Å². The summed E-state index contributed by atoms with van der Waals surface area (Å²) in [5, 5.41) is 11.2. The van der Waals surface area contributed by atoms with Gasteiger partial charge in [0.1, 0.15) is 5.75 Å². The van der Waals surface area contributed by atoms with Gasteiger partial charge in [-0.1, -0.05) is 31.0 Å². The van der Waals surface area contributed by atoms with Crippen LogP contribution in [0.3, 0.4) is 0 Å². The summed E-state index contributed by atoms with van der Waals surface area (Å²) in [6.07, 6.45) is 4.15. The number of nitrogens with zero attached hydrogens (tertiary/aromatic N) is 1. The average Bonchev–Trinajstić information content (AvgIpc) is 2.60. The Labute approximate surface area is 143 Å². The second-order valence-corrected chi connectivity index (χ2v) is 6.78. The van der Waals surface area contributed by atoms with Crippen molar-refractivity contribution in [2.24, 2.45) is 5.92 Å². The Morgan fingerprint density at radius 1 is 1.33 bits per heavy atom. The van der Waals surface area contributed by atoms with Gasteiger partial charge in [-0.15, -0.1) is 0 Å². The highest BCUT2D eigenvalue weighted by Gasteiger charge is 2.51. The van der Waals surface area contributed by atoms with E-state index in [-0.39, 0.29) is 18.1 Å². The second-order valence-electron chi connectivity index (χ2n) is 6.78. The minimum Gasteiger partial charge on any atom is -0.496 e. The number of aliphatic hydroxyl groups is 1. The quantitative estimate of drug-likeness (QED) is 0.919. The number of carbonyl (C=O) groups excluding carboxylic acids is 1. The van der Waals surface area contributed by atoms with Crippen molar-refractivity contribution in [3.8, 4) is 5.75 Å². The molecule has 1 aromatic carbocycles. The monoisotopic (exact) mass is 333 g/mol. The van der Waals surface area contributed by atoms with Crippen LogP contribution >= 0.6 is 0 Å². The van der Waals surface area contributed by atoms with Crippen LogP contribution in [-0.2, 0) is 4.74 Å². The summed E-state index contributed by atoms with van der Waals surface area (Å²) in [5.41, 5.74) is 0.255. The number of carbonyl (C=O) groups is 1. The topological polar surface area (TPSA) is 59.0 Å². The minimum atomic E-state index is -0.702. The first-order valence-corrected chi connectivity index (χ1v) is 8.89. The molecule has 3 atom stereocenters. The molecule has 1 heterocycles. The van der Waals surface area contributed by atoms with Gasteiger partial charge in [-0.05, 0) is 32.3 Å². The van der Waals surface area contributed by atoms with Gasteiger partial charge in [0.15, 0.2) is 0 Å². The fourth-order valence-corrected chi connectivity index (χ4v) is 4.39. The SMILES string of the molecule is CCOC(=O)N1CC[C@@]2(O)CCCC[C@@H]2[C@@H]1c1ccccc1OC. The lowest BCUT2D eigenvalue weighted by Crippen LogP contribution is -2.56. The van der Waals surface area contributed by atoms with E-state index in [9.17, 15) is 9.90 Å². The van der Waals surface area contributed by atoms with Crippen molar-refractivity contribution in [1.82, 2.24) is 4.90 Å². The minimum absolute atomic E-state index is 0.0145. The van der Waals surface area contributed by atoms with E-state index in [2.05, 4.69) is 0 Å². The Bertz CT molecular complexity index is 590. The highest BCUT2D eigenvalue weighted by Crippen LogP contribution is 2.50. The summed E-state index contributed by atoms with van der Waals surface area (Å²) in [5.74, 6) is 0.771. The summed E-state index contributed by atoms with van der Waals surface area (Å²) in [7, 11) is 1.64. The summed E-state index contributed by atoms with van der Waals surface area (Å²) in [6, 6.07) is 7.58. The number of likely N-dealkylation sites (tertiary alicyclic amines) is 1. The van der Waals surface area contributed by atoms with Crippen molar-refractivity contribution in [2.45, 2.75) is 50.7 Å². The lowest BCUT2D eigenvalue weighted by molar-refractivity contribution is -0.118. The molecular weight excluding hydrogens is 306 g/mol. The summed E-state index contributed by atoms with van der Waals surface area (Å²) in [6.45, 7) is 2.67. The zero-order valence-electron chi connectivity index (χ0n) is 14.5. The van der Waals surface area contributed by atoms with E-state index >= 15 is 0 Å². The van der Waals surface area contributed by atoms with Gasteiger partial charge in [0.25, 0.3) is 0 Å². The number of para-hydroxylation sites is 1. The van der Waals surface area contributed by atoms with Crippen molar-refractivity contribution in [1.29, 1.82) is 0 Å².